The highest BCUT2D eigenvalue weighted by Gasteiger charge is 2.16. The predicted octanol–water partition coefficient (Wildman–Crippen LogP) is 3.80. The van der Waals surface area contributed by atoms with Crippen LogP contribution in [0.2, 0.25) is 0 Å². The minimum absolute atomic E-state index is 0.0440. The molecule has 0 unspecified atom stereocenters. The molecule has 0 heterocycles. The van der Waals surface area contributed by atoms with E-state index in [9.17, 15) is 9.59 Å². The third-order valence-electron chi connectivity index (χ3n) is 3.99. The summed E-state index contributed by atoms with van der Waals surface area (Å²) >= 11 is 0. The maximum atomic E-state index is 12.2. The number of benzene rings is 2. The van der Waals surface area contributed by atoms with E-state index in [1.165, 1.54) is 31.9 Å². The van der Waals surface area contributed by atoms with E-state index in [2.05, 4.69) is 26.1 Å². The average Bonchev–Trinajstić information content (AvgIpc) is 2.65. The zero-order valence-electron chi connectivity index (χ0n) is 16.3. The Balaban J connectivity index is 2.04. The van der Waals surface area contributed by atoms with Crippen LogP contribution in [-0.2, 0) is 14.9 Å². The topological polar surface area (TPSA) is 73.9 Å². The van der Waals surface area contributed by atoms with Gasteiger partial charge in [-0.05, 0) is 35.2 Å². The van der Waals surface area contributed by atoms with Crippen molar-refractivity contribution in [3.63, 3.8) is 0 Å². The van der Waals surface area contributed by atoms with Crippen LogP contribution < -0.4 is 14.8 Å². The number of nitrogens with one attached hydrogen (secondary N) is 1. The summed E-state index contributed by atoms with van der Waals surface area (Å²) in [7, 11) is 2.79. The fourth-order valence-corrected chi connectivity index (χ4v) is 2.42. The molecule has 0 aromatic heterocycles. The van der Waals surface area contributed by atoms with E-state index in [4.69, 9.17) is 14.2 Å². The number of methoxy groups -OCH3 is 2. The minimum atomic E-state index is -0.550. The molecule has 0 bridgehead atoms. The Morgan fingerprint density at radius 3 is 2.22 bits per heavy atom. The maximum absolute atomic E-state index is 12.2. The van der Waals surface area contributed by atoms with Crippen molar-refractivity contribution in [1.82, 2.24) is 0 Å². The molecule has 0 fully saturated rings. The van der Waals surface area contributed by atoms with Gasteiger partial charge in [0.05, 0.1) is 14.2 Å². The molecule has 0 spiro atoms. The van der Waals surface area contributed by atoms with Gasteiger partial charge < -0.3 is 19.5 Å². The van der Waals surface area contributed by atoms with Crippen LogP contribution in [0.3, 0.4) is 0 Å². The molecule has 0 saturated heterocycles. The molecule has 1 N–H and O–H groups in total. The number of ether oxygens (including phenoxy) is 3. The quantitative estimate of drug-likeness (QED) is 0.782. The summed E-state index contributed by atoms with van der Waals surface area (Å²) in [5.74, 6) is -0.154. The van der Waals surface area contributed by atoms with Crippen LogP contribution in [0.5, 0.6) is 11.5 Å². The molecule has 1 amide bonds. The van der Waals surface area contributed by atoms with Gasteiger partial charge in [0, 0.05) is 11.8 Å². The van der Waals surface area contributed by atoms with E-state index in [1.54, 1.807) is 6.07 Å². The second kappa shape index (κ2) is 8.58. The van der Waals surface area contributed by atoms with Gasteiger partial charge in [-0.15, -0.1) is 0 Å². The average molecular weight is 371 g/mol. The summed E-state index contributed by atoms with van der Waals surface area (Å²) in [6.07, 6.45) is 0. The highest BCUT2D eigenvalue weighted by molar-refractivity contribution is 5.94. The second-order valence-electron chi connectivity index (χ2n) is 7.02. The number of hydrogen-bond donors (Lipinski definition) is 1. The van der Waals surface area contributed by atoms with Crippen LogP contribution in [0.4, 0.5) is 5.69 Å². The molecule has 0 atom stereocenters. The normalized spacial score (nSPS) is 10.9. The monoisotopic (exact) mass is 371 g/mol. The molecule has 0 aliphatic rings. The van der Waals surface area contributed by atoms with E-state index in [1.807, 2.05) is 24.3 Å². The Labute approximate surface area is 159 Å². The molecule has 2 rings (SSSR count). The zero-order valence-corrected chi connectivity index (χ0v) is 16.3. The van der Waals surface area contributed by atoms with Crippen LogP contribution in [-0.4, -0.2) is 32.7 Å². The van der Waals surface area contributed by atoms with Crippen molar-refractivity contribution in [2.24, 2.45) is 0 Å². The number of esters is 1. The Kier molecular flexibility index (Phi) is 6.45. The maximum Gasteiger partial charge on any atom is 0.341 e. The minimum Gasteiger partial charge on any atom is -0.497 e. The summed E-state index contributed by atoms with van der Waals surface area (Å²) in [6, 6.07) is 12.4. The van der Waals surface area contributed by atoms with Gasteiger partial charge in [-0.1, -0.05) is 32.9 Å². The lowest BCUT2D eigenvalue weighted by Crippen LogP contribution is -2.21. The fraction of sp³-hybridized carbons (Fsp3) is 0.333. The van der Waals surface area contributed by atoms with Crippen molar-refractivity contribution in [1.29, 1.82) is 0 Å². The van der Waals surface area contributed by atoms with E-state index >= 15 is 0 Å². The zero-order chi connectivity index (χ0) is 20.0. The van der Waals surface area contributed by atoms with Crippen molar-refractivity contribution >= 4 is 17.6 Å². The van der Waals surface area contributed by atoms with Gasteiger partial charge in [-0.2, -0.15) is 0 Å². The van der Waals surface area contributed by atoms with Crippen LogP contribution in [0.15, 0.2) is 42.5 Å². The Morgan fingerprint density at radius 2 is 1.67 bits per heavy atom. The third kappa shape index (κ3) is 5.48. The number of carbonyl (C=O) groups excluding carboxylic acids is 2. The van der Waals surface area contributed by atoms with E-state index in [-0.39, 0.29) is 29.2 Å². The molecule has 27 heavy (non-hydrogen) atoms. The molecular weight excluding hydrogens is 346 g/mol. The van der Waals surface area contributed by atoms with Crippen LogP contribution in [0, 0.1) is 0 Å². The van der Waals surface area contributed by atoms with E-state index in [0.29, 0.717) is 11.4 Å². The number of amides is 1. The van der Waals surface area contributed by atoms with Gasteiger partial charge >= 0.3 is 5.97 Å². The smallest absolute Gasteiger partial charge is 0.341 e. The number of carbonyl (C=O) groups is 2. The van der Waals surface area contributed by atoms with Crippen molar-refractivity contribution in [3.05, 3.63) is 53.6 Å². The van der Waals surface area contributed by atoms with Gasteiger partial charge in [-0.25, -0.2) is 4.79 Å². The van der Waals surface area contributed by atoms with E-state index < -0.39 is 5.97 Å². The Hall–Kier alpha value is -3.02. The summed E-state index contributed by atoms with van der Waals surface area (Å²) in [5.41, 5.74) is 2.12. The summed E-state index contributed by atoms with van der Waals surface area (Å²) in [6.45, 7) is 6.13. The summed E-state index contributed by atoms with van der Waals surface area (Å²) in [4.78, 5) is 24.0. The third-order valence-corrected chi connectivity index (χ3v) is 3.99. The molecule has 144 valence electrons. The lowest BCUT2D eigenvalue weighted by Gasteiger charge is -2.19. The van der Waals surface area contributed by atoms with Crippen LogP contribution in [0.25, 0.3) is 0 Å². The summed E-state index contributed by atoms with van der Waals surface area (Å²) < 4.78 is 15.4. The molecule has 0 aliphatic carbocycles. The second-order valence-corrected chi connectivity index (χ2v) is 7.02. The molecule has 6 nitrogen and oxygen atoms in total. The number of rotatable bonds is 6. The Bertz CT molecular complexity index is 806. The first-order chi connectivity index (χ1) is 12.7. The van der Waals surface area contributed by atoms with Gasteiger partial charge in [0.15, 0.2) is 6.61 Å². The molecular formula is C21H25NO5. The molecule has 6 heteroatoms. The highest BCUT2D eigenvalue weighted by atomic mass is 16.5. The van der Waals surface area contributed by atoms with Crippen molar-refractivity contribution in [3.8, 4) is 11.5 Å². The number of anilines is 1. The number of hydrogen-bond acceptors (Lipinski definition) is 5. The lowest BCUT2D eigenvalue weighted by atomic mass is 9.87. The molecule has 2 aromatic carbocycles. The van der Waals surface area contributed by atoms with Crippen molar-refractivity contribution < 1.29 is 23.8 Å². The van der Waals surface area contributed by atoms with Gasteiger partial charge in [0.2, 0.25) is 0 Å². The lowest BCUT2D eigenvalue weighted by molar-refractivity contribution is -0.118. The van der Waals surface area contributed by atoms with Gasteiger partial charge in [0.1, 0.15) is 17.1 Å². The van der Waals surface area contributed by atoms with Gasteiger partial charge in [-0.3, -0.25) is 4.79 Å². The van der Waals surface area contributed by atoms with E-state index in [0.717, 1.165) is 0 Å². The summed E-state index contributed by atoms with van der Waals surface area (Å²) in [5, 5.41) is 2.77. The largest absolute Gasteiger partial charge is 0.497 e. The van der Waals surface area contributed by atoms with Gasteiger partial charge in [0.25, 0.3) is 5.91 Å². The van der Waals surface area contributed by atoms with Crippen LogP contribution >= 0.6 is 0 Å². The predicted molar refractivity (Wildman–Crippen MR) is 104 cm³/mol. The van der Waals surface area contributed by atoms with Crippen LogP contribution in [0.1, 0.15) is 36.7 Å². The fourth-order valence-electron chi connectivity index (χ4n) is 2.42. The molecule has 0 saturated carbocycles. The molecule has 0 aliphatic heterocycles. The first-order valence-electron chi connectivity index (χ1n) is 8.54. The highest BCUT2D eigenvalue weighted by Crippen LogP contribution is 2.26. The molecule has 2 aromatic rings. The Morgan fingerprint density at radius 1 is 1.00 bits per heavy atom. The standard InChI is InChI=1S/C21H25NO5/c1-21(2,3)14-6-8-15(9-7-14)22-19(23)13-27-18-12-16(25-4)10-11-17(18)20(24)26-5/h6-12H,13H2,1-5H3,(H,22,23). The molecule has 0 radical (unpaired) electrons. The van der Waals surface area contributed by atoms with Crippen molar-refractivity contribution in [2.75, 3.05) is 26.1 Å². The SMILES string of the molecule is COC(=O)c1ccc(OC)cc1OCC(=O)Nc1ccc(C(C)(C)C)cc1. The van der Waals surface area contributed by atoms with Crippen molar-refractivity contribution in [2.45, 2.75) is 26.2 Å². The first kappa shape index (κ1) is 20.3. The first-order valence-corrected chi connectivity index (χ1v) is 8.54.